The first-order valence-corrected chi connectivity index (χ1v) is 12.0. The molecule has 0 radical (unpaired) electrons. The van der Waals surface area contributed by atoms with Crippen molar-refractivity contribution >= 4 is 0 Å². The van der Waals surface area contributed by atoms with E-state index in [2.05, 4.69) is 34.9 Å². The topological polar surface area (TPSA) is 34.2 Å². The molecule has 30 heavy (non-hydrogen) atoms. The van der Waals surface area contributed by atoms with Crippen molar-refractivity contribution in [2.24, 2.45) is 5.92 Å². The van der Waals surface area contributed by atoms with E-state index >= 15 is 0 Å². The quantitative estimate of drug-likeness (QED) is 0.756. The van der Waals surface area contributed by atoms with E-state index in [0.29, 0.717) is 12.1 Å². The van der Waals surface area contributed by atoms with E-state index in [-0.39, 0.29) is 5.41 Å². The molecule has 2 bridgehead atoms. The van der Waals surface area contributed by atoms with Crippen LogP contribution in [0.1, 0.15) is 43.7 Å². The minimum absolute atomic E-state index is 0.125. The van der Waals surface area contributed by atoms with Crippen molar-refractivity contribution in [3.05, 3.63) is 29.3 Å². The highest BCUT2D eigenvalue weighted by molar-refractivity contribution is 5.42. The monoisotopic (exact) mass is 414 g/mol. The van der Waals surface area contributed by atoms with Crippen molar-refractivity contribution in [1.29, 1.82) is 0 Å². The maximum atomic E-state index is 6.45. The van der Waals surface area contributed by atoms with Gasteiger partial charge < -0.3 is 14.2 Å². The van der Waals surface area contributed by atoms with Crippen molar-refractivity contribution in [3.8, 4) is 5.75 Å². The molecule has 3 fully saturated rings. The zero-order valence-corrected chi connectivity index (χ0v) is 18.8. The fourth-order valence-electron chi connectivity index (χ4n) is 5.86. The molecule has 4 heterocycles. The number of hydrogen-bond donors (Lipinski definition) is 0. The molecule has 0 amide bonds. The van der Waals surface area contributed by atoms with Crippen LogP contribution in [0.3, 0.4) is 0 Å². The number of methoxy groups -OCH3 is 1. The van der Waals surface area contributed by atoms with E-state index in [9.17, 15) is 0 Å². The number of morpholine rings is 1. The van der Waals surface area contributed by atoms with Crippen molar-refractivity contribution < 1.29 is 14.2 Å². The molecule has 0 N–H and O–H groups in total. The van der Waals surface area contributed by atoms with Crippen LogP contribution in [0.15, 0.2) is 18.2 Å². The van der Waals surface area contributed by atoms with Crippen molar-refractivity contribution in [2.75, 3.05) is 59.7 Å². The van der Waals surface area contributed by atoms with Crippen molar-refractivity contribution in [1.82, 2.24) is 9.80 Å². The van der Waals surface area contributed by atoms with Gasteiger partial charge in [-0.2, -0.15) is 0 Å². The average Bonchev–Trinajstić information content (AvgIpc) is 3.59. The number of benzene rings is 1. The molecule has 5 heteroatoms. The summed E-state index contributed by atoms with van der Waals surface area (Å²) in [6.45, 7) is 10.3. The van der Waals surface area contributed by atoms with Gasteiger partial charge in [-0.25, -0.2) is 0 Å². The summed E-state index contributed by atoms with van der Waals surface area (Å²) in [5.74, 6) is 1.90. The van der Waals surface area contributed by atoms with Gasteiger partial charge in [-0.3, -0.25) is 9.80 Å². The highest BCUT2D eigenvalue weighted by Gasteiger charge is 2.40. The fourth-order valence-corrected chi connectivity index (χ4v) is 5.86. The molecule has 6 rings (SSSR count). The maximum Gasteiger partial charge on any atom is 0.119 e. The van der Waals surface area contributed by atoms with Crippen LogP contribution in [0.2, 0.25) is 0 Å². The molecule has 3 unspecified atom stereocenters. The molecular weight excluding hydrogens is 376 g/mol. The normalized spacial score (nSPS) is 33.7. The highest BCUT2D eigenvalue weighted by Crippen LogP contribution is 2.42. The van der Waals surface area contributed by atoms with E-state index in [1.807, 2.05) is 0 Å². The average molecular weight is 415 g/mol. The zero-order chi connectivity index (χ0) is 20.6. The first-order chi connectivity index (χ1) is 14.6. The van der Waals surface area contributed by atoms with Gasteiger partial charge in [0.25, 0.3) is 0 Å². The number of hydrogen-bond acceptors (Lipinski definition) is 5. The summed E-state index contributed by atoms with van der Waals surface area (Å²) in [5, 5.41) is 0. The molecular formula is C25H38N2O3. The van der Waals surface area contributed by atoms with E-state index in [0.717, 1.165) is 64.0 Å². The van der Waals surface area contributed by atoms with Crippen LogP contribution >= 0.6 is 0 Å². The molecule has 1 aromatic carbocycles. The minimum Gasteiger partial charge on any atom is -0.497 e. The third kappa shape index (κ3) is 4.40. The summed E-state index contributed by atoms with van der Waals surface area (Å²) in [7, 11) is 1.79. The van der Waals surface area contributed by atoms with Crippen LogP contribution in [0, 0.1) is 5.92 Å². The second kappa shape index (κ2) is 8.78. The lowest BCUT2D eigenvalue weighted by atomic mass is 9.70. The van der Waals surface area contributed by atoms with Gasteiger partial charge >= 0.3 is 0 Å². The summed E-state index contributed by atoms with van der Waals surface area (Å²) < 4.78 is 17.7. The van der Waals surface area contributed by atoms with Crippen LogP contribution in [-0.4, -0.2) is 81.6 Å². The first kappa shape index (κ1) is 20.7. The third-order valence-corrected chi connectivity index (χ3v) is 7.95. The second-order valence-electron chi connectivity index (χ2n) is 10.2. The predicted octanol–water partition coefficient (Wildman–Crippen LogP) is 3.10. The number of ether oxygens (including phenoxy) is 3. The molecule has 2 saturated heterocycles. The molecule has 1 aliphatic carbocycles. The maximum absolute atomic E-state index is 6.45. The SMILES string of the molecule is COc1ccc2c(c1)C1(C)CCN(CC3CC3)C(COCC(N3CCOCC3)C1)C2. The van der Waals surface area contributed by atoms with Gasteiger partial charge in [0.1, 0.15) is 5.75 Å². The lowest BCUT2D eigenvalue weighted by molar-refractivity contribution is -0.0371. The van der Waals surface area contributed by atoms with Crippen molar-refractivity contribution in [2.45, 2.75) is 56.5 Å². The summed E-state index contributed by atoms with van der Waals surface area (Å²) in [6, 6.07) is 7.74. The minimum atomic E-state index is 0.125. The molecule has 1 aromatic rings. The summed E-state index contributed by atoms with van der Waals surface area (Å²) in [5.41, 5.74) is 3.13. The Kier molecular flexibility index (Phi) is 6.07. The Balaban J connectivity index is 1.50. The number of fused-ring (bicyclic) bond motifs is 6. The van der Waals surface area contributed by atoms with Crippen LogP contribution in [0.4, 0.5) is 0 Å². The molecule has 4 aliphatic heterocycles. The van der Waals surface area contributed by atoms with Gasteiger partial charge in [-0.05, 0) is 73.2 Å². The first-order valence-electron chi connectivity index (χ1n) is 12.0. The lowest BCUT2D eigenvalue weighted by Crippen LogP contribution is -2.52. The van der Waals surface area contributed by atoms with Gasteiger partial charge in [0.2, 0.25) is 0 Å². The van der Waals surface area contributed by atoms with Crippen LogP contribution < -0.4 is 4.74 Å². The Morgan fingerprint density at radius 3 is 2.63 bits per heavy atom. The van der Waals surface area contributed by atoms with E-state index in [1.54, 1.807) is 7.11 Å². The van der Waals surface area contributed by atoms with Crippen LogP contribution in [0.5, 0.6) is 5.75 Å². The molecule has 0 spiro atoms. The van der Waals surface area contributed by atoms with Crippen molar-refractivity contribution in [3.63, 3.8) is 0 Å². The summed E-state index contributed by atoms with van der Waals surface area (Å²) in [4.78, 5) is 5.37. The summed E-state index contributed by atoms with van der Waals surface area (Å²) in [6.07, 6.45) is 6.25. The molecule has 1 saturated carbocycles. The largest absolute Gasteiger partial charge is 0.497 e. The highest BCUT2D eigenvalue weighted by atomic mass is 16.5. The van der Waals surface area contributed by atoms with Gasteiger partial charge in [-0.15, -0.1) is 0 Å². The Morgan fingerprint density at radius 1 is 1.07 bits per heavy atom. The predicted molar refractivity (Wildman–Crippen MR) is 118 cm³/mol. The number of nitrogens with zero attached hydrogens (tertiary/aromatic N) is 2. The fraction of sp³-hybridized carbons (Fsp3) is 0.760. The zero-order valence-electron chi connectivity index (χ0n) is 18.8. The molecule has 166 valence electrons. The Labute approximate surface area is 181 Å². The van der Waals surface area contributed by atoms with E-state index in [4.69, 9.17) is 14.2 Å². The molecule has 3 atom stereocenters. The van der Waals surface area contributed by atoms with Gasteiger partial charge in [0, 0.05) is 31.7 Å². The van der Waals surface area contributed by atoms with Gasteiger partial charge in [0.05, 0.1) is 33.5 Å². The standard InChI is InChI=1S/C25H38N2O3/c1-25-7-8-27(16-19-3-4-19)21(13-20-5-6-23(28-2)14-24(20)25)17-30-18-22(15-25)26-9-11-29-12-10-26/h5-6,14,19,21-22H,3-4,7-13,15-18H2,1-2H3. The second-order valence-corrected chi connectivity index (χ2v) is 10.2. The molecule has 5 aliphatic rings. The lowest BCUT2D eigenvalue weighted by Gasteiger charge is -2.46. The Hall–Kier alpha value is -1.14. The van der Waals surface area contributed by atoms with E-state index < -0.39 is 0 Å². The van der Waals surface area contributed by atoms with Gasteiger partial charge in [-0.1, -0.05) is 13.0 Å². The Bertz CT molecular complexity index is 731. The van der Waals surface area contributed by atoms with Gasteiger partial charge in [0.15, 0.2) is 0 Å². The summed E-state index contributed by atoms with van der Waals surface area (Å²) >= 11 is 0. The molecule has 5 nitrogen and oxygen atoms in total. The van der Waals surface area contributed by atoms with Crippen LogP contribution in [-0.2, 0) is 21.3 Å². The van der Waals surface area contributed by atoms with Crippen LogP contribution in [0.25, 0.3) is 0 Å². The number of rotatable bonds is 4. The Morgan fingerprint density at radius 2 is 1.87 bits per heavy atom. The third-order valence-electron chi connectivity index (χ3n) is 7.95. The smallest absolute Gasteiger partial charge is 0.119 e. The van der Waals surface area contributed by atoms with E-state index in [1.165, 1.54) is 43.5 Å². The molecule has 0 aromatic heterocycles.